The van der Waals surface area contributed by atoms with Crippen molar-refractivity contribution >= 4 is 16.9 Å². The van der Waals surface area contributed by atoms with Crippen molar-refractivity contribution in [2.45, 2.75) is 6.61 Å². The van der Waals surface area contributed by atoms with Crippen LogP contribution in [0.3, 0.4) is 0 Å². The molecule has 3 rings (SSSR count). The maximum atomic E-state index is 11.0. The van der Waals surface area contributed by atoms with Crippen LogP contribution in [0, 0.1) is 0 Å². The normalized spacial score (nSPS) is 10.8. The summed E-state index contributed by atoms with van der Waals surface area (Å²) in [5.74, 6) is -0.929. The number of rotatable bonds is 3. The van der Waals surface area contributed by atoms with Gasteiger partial charge in [0.2, 0.25) is 0 Å². The van der Waals surface area contributed by atoms with Crippen LogP contribution in [0.5, 0.6) is 0 Å². The van der Waals surface area contributed by atoms with Crippen molar-refractivity contribution in [3.05, 3.63) is 65.9 Å². The van der Waals surface area contributed by atoms with Gasteiger partial charge in [-0.1, -0.05) is 12.1 Å². The lowest BCUT2D eigenvalue weighted by Crippen LogP contribution is -1.97. The molecule has 2 aromatic carbocycles. The summed E-state index contributed by atoms with van der Waals surface area (Å²) in [7, 11) is 0. The summed E-state index contributed by atoms with van der Waals surface area (Å²) in [6.07, 6.45) is 1.90. The number of hydrogen-bond donors (Lipinski definition) is 2. The molecule has 4 heteroatoms. The zero-order valence-corrected chi connectivity index (χ0v) is 10.7. The fraction of sp³-hybridized carbons (Fsp3) is 0.0625. The first-order valence-corrected chi connectivity index (χ1v) is 6.23. The van der Waals surface area contributed by atoms with Gasteiger partial charge in [0.15, 0.2) is 0 Å². The third-order valence-electron chi connectivity index (χ3n) is 3.31. The molecule has 2 N–H and O–H groups in total. The molecule has 0 saturated carbocycles. The number of aliphatic hydroxyl groups excluding tert-OH is 1. The highest BCUT2D eigenvalue weighted by Gasteiger charge is 2.07. The van der Waals surface area contributed by atoms with Gasteiger partial charge in [-0.2, -0.15) is 0 Å². The molecule has 4 nitrogen and oxygen atoms in total. The Morgan fingerprint density at radius 3 is 2.70 bits per heavy atom. The van der Waals surface area contributed by atoms with Gasteiger partial charge in [0.05, 0.1) is 17.7 Å². The SMILES string of the molecule is O=C(O)c1ccc2c(ccn2-c2cccc(CO)c2)c1. The van der Waals surface area contributed by atoms with E-state index in [1.807, 2.05) is 41.1 Å². The molecule has 1 aromatic heterocycles. The third-order valence-corrected chi connectivity index (χ3v) is 3.31. The van der Waals surface area contributed by atoms with Crippen LogP contribution < -0.4 is 0 Å². The second-order valence-electron chi connectivity index (χ2n) is 4.59. The Balaban J connectivity index is 2.14. The van der Waals surface area contributed by atoms with E-state index in [2.05, 4.69) is 0 Å². The molecule has 0 atom stereocenters. The third kappa shape index (κ3) is 2.06. The van der Waals surface area contributed by atoms with Crippen LogP contribution in [0.1, 0.15) is 15.9 Å². The number of carboxylic acids is 1. The topological polar surface area (TPSA) is 62.5 Å². The minimum atomic E-state index is -0.929. The molecule has 0 aliphatic heterocycles. The monoisotopic (exact) mass is 267 g/mol. The predicted molar refractivity (Wildman–Crippen MR) is 76.2 cm³/mol. The van der Waals surface area contributed by atoms with E-state index < -0.39 is 5.97 Å². The van der Waals surface area contributed by atoms with Crippen molar-refractivity contribution in [2.24, 2.45) is 0 Å². The highest BCUT2D eigenvalue weighted by atomic mass is 16.4. The van der Waals surface area contributed by atoms with E-state index in [0.717, 1.165) is 22.2 Å². The molecule has 0 unspecified atom stereocenters. The molecule has 0 bridgehead atoms. The Hall–Kier alpha value is -2.59. The van der Waals surface area contributed by atoms with Crippen molar-refractivity contribution in [3.63, 3.8) is 0 Å². The molecule has 0 fully saturated rings. The van der Waals surface area contributed by atoms with Gasteiger partial charge in [-0.3, -0.25) is 0 Å². The van der Waals surface area contributed by atoms with Crippen molar-refractivity contribution in [1.29, 1.82) is 0 Å². The number of carboxylic acid groups (broad SMARTS) is 1. The summed E-state index contributed by atoms with van der Waals surface area (Å²) in [5, 5.41) is 19.1. The first-order chi connectivity index (χ1) is 9.69. The molecule has 0 aliphatic carbocycles. The molecule has 0 radical (unpaired) electrons. The van der Waals surface area contributed by atoms with Crippen molar-refractivity contribution < 1.29 is 15.0 Å². The number of aromatic carboxylic acids is 1. The number of hydrogen-bond acceptors (Lipinski definition) is 2. The number of fused-ring (bicyclic) bond motifs is 1. The lowest BCUT2D eigenvalue weighted by atomic mass is 10.1. The summed E-state index contributed by atoms with van der Waals surface area (Å²) < 4.78 is 1.97. The molecule has 0 saturated heterocycles. The number of aliphatic hydroxyl groups is 1. The van der Waals surface area contributed by atoms with E-state index in [-0.39, 0.29) is 12.2 Å². The highest BCUT2D eigenvalue weighted by Crippen LogP contribution is 2.22. The minimum absolute atomic E-state index is 0.00377. The van der Waals surface area contributed by atoms with Crippen LogP contribution in [0.4, 0.5) is 0 Å². The molecule has 100 valence electrons. The predicted octanol–water partition coefficient (Wildman–Crippen LogP) is 2.82. The van der Waals surface area contributed by atoms with Crippen LogP contribution in [-0.2, 0) is 6.61 Å². The zero-order chi connectivity index (χ0) is 14.1. The van der Waals surface area contributed by atoms with Crippen LogP contribution in [0.2, 0.25) is 0 Å². The van der Waals surface area contributed by atoms with E-state index in [0.29, 0.717) is 0 Å². The first-order valence-electron chi connectivity index (χ1n) is 6.23. The summed E-state index contributed by atoms with van der Waals surface area (Å²) in [4.78, 5) is 11.0. The number of nitrogens with zero attached hydrogens (tertiary/aromatic N) is 1. The highest BCUT2D eigenvalue weighted by molar-refractivity contribution is 5.94. The Bertz CT molecular complexity index is 789. The molecule has 3 aromatic rings. The lowest BCUT2D eigenvalue weighted by Gasteiger charge is -2.07. The smallest absolute Gasteiger partial charge is 0.335 e. The number of benzene rings is 2. The van der Waals surface area contributed by atoms with Crippen LogP contribution >= 0.6 is 0 Å². The maximum Gasteiger partial charge on any atom is 0.335 e. The van der Waals surface area contributed by atoms with E-state index in [9.17, 15) is 9.90 Å². The van der Waals surface area contributed by atoms with Gasteiger partial charge < -0.3 is 14.8 Å². The first kappa shape index (κ1) is 12.4. The molecule has 0 amide bonds. The summed E-state index contributed by atoms with van der Waals surface area (Å²) in [6, 6.07) is 14.5. The Morgan fingerprint density at radius 1 is 1.10 bits per heavy atom. The standard InChI is InChI=1S/C16H13NO3/c18-10-11-2-1-3-14(8-11)17-7-6-12-9-13(16(19)20)4-5-15(12)17/h1-9,18H,10H2,(H,19,20). The largest absolute Gasteiger partial charge is 0.478 e. The molecule has 0 aliphatic rings. The number of carbonyl (C=O) groups is 1. The summed E-state index contributed by atoms with van der Waals surface area (Å²) in [6.45, 7) is -0.00377. The summed E-state index contributed by atoms with van der Waals surface area (Å²) >= 11 is 0. The fourth-order valence-corrected chi connectivity index (χ4v) is 2.31. The molecule has 20 heavy (non-hydrogen) atoms. The lowest BCUT2D eigenvalue weighted by molar-refractivity contribution is 0.0697. The van der Waals surface area contributed by atoms with E-state index in [4.69, 9.17) is 5.11 Å². The average molecular weight is 267 g/mol. The molecular formula is C16H13NO3. The van der Waals surface area contributed by atoms with Crippen molar-refractivity contribution in [1.82, 2.24) is 4.57 Å². The van der Waals surface area contributed by atoms with E-state index in [1.165, 1.54) is 0 Å². The molecule has 1 heterocycles. The van der Waals surface area contributed by atoms with E-state index in [1.54, 1.807) is 18.2 Å². The molecular weight excluding hydrogens is 254 g/mol. The van der Waals surface area contributed by atoms with Gasteiger partial charge >= 0.3 is 5.97 Å². The minimum Gasteiger partial charge on any atom is -0.478 e. The van der Waals surface area contributed by atoms with Gasteiger partial charge in [-0.05, 0) is 42.0 Å². The second kappa shape index (κ2) is 4.83. The van der Waals surface area contributed by atoms with Gasteiger partial charge in [-0.15, -0.1) is 0 Å². The van der Waals surface area contributed by atoms with Crippen molar-refractivity contribution in [2.75, 3.05) is 0 Å². The average Bonchev–Trinajstić information content (AvgIpc) is 2.90. The van der Waals surface area contributed by atoms with Gasteiger partial charge in [-0.25, -0.2) is 4.79 Å². The summed E-state index contributed by atoms with van der Waals surface area (Å²) in [5.41, 5.74) is 2.99. The van der Waals surface area contributed by atoms with Gasteiger partial charge in [0.1, 0.15) is 0 Å². The Labute approximate surface area is 115 Å². The quantitative estimate of drug-likeness (QED) is 0.767. The Morgan fingerprint density at radius 2 is 1.95 bits per heavy atom. The fourth-order valence-electron chi connectivity index (χ4n) is 2.31. The van der Waals surface area contributed by atoms with Crippen molar-refractivity contribution in [3.8, 4) is 5.69 Å². The Kier molecular flexibility index (Phi) is 3.00. The van der Waals surface area contributed by atoms with Crippen LogP contribution in [0.25, 0.3) is 16.6 Å². The maximum absolute atomic E-state index is 11.0. The number of aromatic nitrogens is 1. The van der Waals surface area contributed by atoms with Gasteiger partial charge in [0, 0.05) is 17.3 Å². The molecule has 0 spiro atoms. The van der Waals surface area contributed by atoms with Crippen LogP contribution in [0.15, 0.2) is 54.7 Å². The van der Waals surface area contributed by atoms with Crippen LogP contribution in [-0.4, -0.2) is 20.7 Å². The van der Waals surface area contributed by atoms with E-state index >= 15 is 0 Å². The zero-order valence-electron chi connectivity index (χ0n) is 10.7. The van der Waals surface area contributed by atoms with Gasteiger partial charge in [0.25, 0.3) is 0 Å². The second-order valence-corrected chi connectivity index (χ2v) is 4.59.